The summed E-state index contributed by atoms with van der Waals surface area (Å²) >= 11 is 0. The van der Waals surface area contributed by atoms with E-state index in [0.29, 0.717) is 17.5 Å². The molecule has 0 radical (unpaired) electrons. The fourth-order valence-electron chi connectivity index (χ4n) is 4.39. The van der Waals surface area contributed by atoms with Gasteiger partial charge in [0, 0.05) is 5.92 Å². The zero-order valence-electron chi connectivity index (χ0n) is 16.1. The molecule has 0 bridgehead atoms. The van der Waals surface area contributed by atoms with Crippen LogP contribution in [0.3, 0.4) is 0 Å². The summed E-state index contributed by atoms with van der Waals surface area (Å²) in [5.74, 6) is 0.950. The van der Waals surface area contributed by atoms with E-state index in [4.69, 9.17) is 9.40 Å². The molecule has 1 fully saturated rings. The van der Waals surface area contributed by atoms with Crippen molar-refractivity contribution in [1.29, 1.82) is 0 Å². The molecule has 0 N–H and O–H groups in total. The van der Waals surface area contributed by atoms with Gasteiger partial charge in [0.25, 0.3) is 5.56 Å². The van der Waals surface area contributed by atoms with Crippen molar-refractivity contribution in [2.24, 2.45) is 0 Å². The third-order valence-electron chi connectivity index (χ3n) is 5.88. The van der Waals surface area contributed by atoms with E-state index in [1.54, 1.807) is 22.8 Å². The van der Waals surface area contributed by atoms with Crippen LogP contribution in [0.1, 0.15) is 49.4 Å². The maximum atomic E-state index is 13.5. The van der Waals surface area contributed by atoms with Crippen LogP contribution in [0.2, 0.25) is 0 Å². The molecule has 5 nitrogen and oxygen atoms in total. The molecule has 29 heavy (non-hydrogen) atoms. The summed E-state index contributed by atoms with van der Waals surface area (Å²) in [4.78, 5) is 31.4. The molecule has 0 aliphatic heterocycles. The van der Waals surface area contributed by atoms with Gasteiger partial charge in [-0.05, 0) is 30.5 Å². The number of hydrogen-bond acceptors (Lipinski definition) is 4. The number of aromatic nitrogens is 2. The van der Waals surface area contributed by atoms with Crippen molar-refractivity contribution in [2.45, 2.75) is 44.6 Å². The van der Waals surface area contributed by atoms with Gasteiger partial charge in [-0.3, -0.25) is 14.2 Å². The molecule has 4 aromatic rings. The summed E-state index contributed by atoms with van der Waals surface area (Å²) in [5.41, 5.74) is 1.02. The Morgan fingerprint density at radius 2 is 1.66 bits per heavy atom. The minimum atomic E-state index is -0.309. The molecule has 2 aromatic heterocycles. The highest BCUT2D eigenvalue weighted by atomic mass is 16.3. The molecule has 0 spiro atoms. The average Bonchev–Trinajstić information content (AvgIpc) is 2.77. The third-order valence-corrected chi connectivity index (χ3v) is 5.88. The summed E-state index contributed by atoms with van der Waals surface area (Å²) in [6.45, 7) is 0.403. The van der Waals surface area contributed by atoms with Crippen molar-refractivity contribution < 1.29 is 4.42 Å². The Morgan fingerprint density at radius 1 is 0.931 bits per heavy atom. The molecule has 146 valence electrons. The van der Waals surface area contributed by atoms with E-state index in [-0.39, 0.29) is 28.0 Å². The van der Waals surface area contributed by atoms with Gasteiger partial charge in [0.05, 0.1) is 11.9 Å². The zero-order chi connectivity index (χ0) is 19.8. The fourth-order valence-corrected chi connectivity index (χ4v) is 4.39. The van der Waals surface area contributed by atoms with Crippen molar-refractivity contribution in [3.63, 3.8) is 0 Å². The molecule has 2 aromatic carbocycles. The van der Waals surface area contributed by atoms with Crippen molar-refractivity contribution in [3.05, 3.63) is 86.6 Å². The number of fused-ring (bicyclic) bond motifs is 2. The van der Waals surface area contributed by atoms with Crippen molar-refractivity contribution in [3.8, 4) is 0 Å². The number of hydrogen-bond donors (Lipinski definition) is 0. The van der Waals surface area contributed by atoms with Crippen molar-refractivity contribution in [1.82, 2.24) is 9.55 Å². The SMILES string of the molecule is O=c1c2ccccc2oc2nc(C3CCCCC3)n(Cc3ccccc3)c(=O)c12. The van der Waals surface area contributed by atoms with Crippen molar-refractivity contribution in [2.75, 3.05) is 0 Å². The predicted molar refractivity (Wildman–Crippen MR) is 113 cm³/mol. The molecule has 2 heterocycles. The van der Waals surface area contributed by atoms with E-state index < -0.39 is 0 Å². The maximum Gasteiger partial charge on any atom is 0.269 e. The van der Waals surface area contributed by atoms with E-state index in [9.17, 15) is 9.59 Å². The van der Waals surface area contributed by atoms with E-state index in [1.807, 2.05) is 36.4 Å². The monoisotopic (exact) mass is 386 g/mol. The largest absolute Gasteiger partial charge is 0.437 e. The van der Waals surface area contributed by atoms with E-state index in [0.717, 1.165) is 37.1 Å². The number of rotatable bonds is 3. The van der Waals surface area contributed by atoms with Gasteiger partial charge >= 0.3 is 0 Å². The quantitative estimate of drug-likeness (QED) is 0.483. The van der Waals surface area contributed by atoms with E-state index in [2.05, 4.69) is 0 Å². The lowest BCUT2D eigenvalue weighted by Crippen LogP contribution is -2.31. The molecule has 0 amide bonds. The molecule has 5 rings (SSSR count). The first-order valence-corrected chi connectivity index (χ1v) is 10.2. The summed E-state index contributed by atoms with van der Waals surface area (Å²) in [5, 5.41) is 0.453. The van der Waals surface area contributed by atoms with Crippen molar-refractivity contribution >= 4 is 22.1 Å². The van der Waals surface area contributed by atoms with E-state index >= 15 is 0 Å². The van der Waals surface area contributed by atoms with Crippen LogP contribution in [0.15, 0.2) is 68.6 Å². The standard InChI is InChI=1S/C24H22N2O3/c27-21-18-13-7-8-14-19(18)29-23-20(21)24(28)26(15-16-9-3-1-4-10-16)22(25-23)17-11-5-2-6-12-17/h1,3-4,7-10,13-14,17H,2,5-6,11-12,15H2. The third kappa shape index (κ3) is 3.16. The van der Waals surface area contributed by atoms with Crippen LogP contribution in [0.25, 0.3) is 22.1 Å². The van der Waals surface area contributed by atoms with Crippen LogP contribution < -0.4 is 11.0 Å². The smallest absolute Gasteiger partial charge is 0.269 e. The highest BCUT2D eigenvalue weighted by molar-refractivity contribution is 5.87. The lowest BCUT2D eigenvalue weighted by atomic mass is 9.88. The van der Waals surface area contributed by atoms with Gasteiger partial charge in [-0.25, -0.2) is 0 Å². The van der Waals surface area contributed by atoms with Gasteiger partial charge in [0.1, 0.15) is 11.4 Å². The molecule has 0 saturated heterocycles. The van der Waals surface area contributed by atoms with Gasteiger partial charge in [-0.15, -0.1) is 0 Å². The minimum absolute atomic E-state index is 0.0409. The molecule has 5 heteroatoms. The second-order valence-corrected chi connectivity index (χ2v) is 7.79. The highest BCUT2D eigenvalue weighted by Crippen LogP contribution is 2.32. The summed E-state index contributed by atoms with van der Waals surface area (Å²) in [6, 6.07) is 16.9. The molecule has 0 unspecified atom stereocenters. The molecule has 1 saturated carbocycles. The lowest BCUT2D eigenvalue weighted by Gasteiger charge is -2.24. The zero-order valence-corrected chi connectivity index (χ0v) is 16.1. The van der Waals surface area contributed by atoms with Gasteiger partial charge in [0.15, 0.2) is 5.39 Å². The highest BCUT2D eigenvalue weighted by Gasteiger charge is 2.24. The van der Waals surface area contributed by atoms with Gasteiger partial charge in [-0.1, -0.05) is 61.7 Å². The van der Waals surface area contributed by atoms with Crippen LogP contribution in [-0.4, -0.2) is 9.55 Å². The number of nitrogens with zero attached hydrogens (tertiary/aromatic N) is 2. The molecular weight excluding hydrogens is 364 g/mol. The van der Waals surface area contributed by atoms with Crippen LogP contribution in [-0.2, 0) is 6.54 Å². The first-order chi connectivity index (χ1) is 14.2. The Hall–Kier alpha value is -3.21. The fraction of sp³-hybridized carbons (Fsp3) is 0.292. The van der Waals surface area contributed by atoms with Gasteiger partial charge < -0.3 is 4.42 Å². The second-order valence-electron chi connectivity index (χ2n) is 7.79. The minimum Gasteiger partial charge on any atom is -0.437 e. The Kier molecular flexibility index (Phi) is 4.51. The maximum absolute atomic E-state index is 13.5. The normalized spacial score (nSPS) is 15.2. The predicted octanol–water partition coefficient (Wildman–Crippen LogP) is 4.60. The van der Waals surface area contributed by atoms with Gasteiger partial charge in [-0.2, -0.15) is 4.98 Å². The Morgan fingerprint density at radius 3 is 2.45 bits per heavy atom. The summed E-state index contributed by atoms with van der Waals surface area (Å²) < 4.78 is 7.61. The Balaban J connectivity index is 1.80. The molecule has 1 aliphatic carbocycles. The van der Waals surface area contributed by atoms with Crippen LogP contribution in [0.4, 0.5) is 0 Å². The molecule has 0 atom stereocenters. The number of benzene rings is 2. The molecular formula is C24H22N2O3. The first kappa shape index (κ1) is 17.9. The topological polar surface area (TPSA) is 65.1 Å². The summed E-state index contributed by atoms with van der Waals surface area (Å²) in [6.07, 6.45) is 5.49. The average molecular weight is 386 g/mol. The first-order valence-electron chi connectivity index (χ1n) is 10.2. The number of para-hydroxylation sites is 1. The Bertz CT molecular complexity index is 1300. The van der Waals surface area contributed by atoms with E-state index in [1.165, 1.54) is 6.42 Å². The Labute approximate surface area is 167 Å². The van der Waals surface area contributed by atoms with Crippen LogP contribution in [0, 0.1) is 0 Å². The lowest BCUT2D eigenvalue weighted by molar-refractivity contribution is 0.411. The summed E-state index contributed by atoms with van der Waals surface area (Å²) in [7, 11) is 0. The van der Waals surface area contributed by atoms with Crippen LogP contribution >= 0.6 is 0 Å². The second kappa shape index (κ2) is 7.32. The van der Waals surface area contributed by atoms with Gasteiger partial charge in [0.2, 0.25) is 11.1 Å². The van der Waals surface area contributed by atoms with Crippen LogP contribution in [0.5, 0.6) is 0 Å². The molecule has 1 aliphatic rings.